The van der Waals surface area contributed by atoms with Gasteiger partial charge in [0.1, 0.15) is 11.5 Å². The Balaban J connectivity index is 1.50. The monoisotopic (exact) mass is 442 g/mol. The van der Waals surface area contributed by atoms with Crippen molar-refractivity contribution in [1.29, 1.82) is 0 Å². The SMILES string of the molecule is O=C1NC(=NC(=O)c2ccc(Cl)cc2)S/C1=C\c1ccc(-c2ccc(Cl)cc2)o1. The number of nitrogens with zero attached hydrogens (tertiary/aromatic N) is 1. The fourth-order valence-corrected chi connectivity index (χ4v) is 3.61. The predicted molar refractivity (Wildman–Crippen MR) is 116 cm³/mol. The van der Waals surface area contributed by atoms with Crippen LogP contribution in [-0.4, -0.2) is 17.0 Å². The van der Waals surface area contributed by atoms with Gasteiger partial charge in [0.15, 0.2) is 5.17 Å². The van der Waals surface area contributed by atoms with Crippen molar-refractivity contribution in [2.75, 3.05) is 0 Å². The van der Waals surface area contributed by atoms with Crippen molar-refractivity contribution >= 4 is 58.0 Å². The summed E-state index contributed by atoms with van der Waals surface area (Å²) in [6.45, 7) is 0. The number of thioether (sulfide) groups is 1. The summed E-state index contributed by atoms with van der Waals surface area (Å²) in [5.74, 6) is 0.359. The molecule has 2 aromatic carbocycles. The van der Waals surface area contributed by atoms with Crippen molar-refractivity contribution in [3.8, 4) is 11.3 Å². The molecule has 1 aliphatic heterocycles. The molecule has 2 amide bonds. The molecule has 1 fully saturated rings. The number of carbonyl (C=O) groups excluding carboxylic acids is 2. The third kappa shape index (κ3) is 4.62. The van der Waals surface area contributed by atoms with Crippen LogP contribution in [0.1, 0.15) is 16.1 Å². The minimum Gasteiger partial charge on any atom is -0.457 e. The van der Waals surface area contributed by atoms with E-state index in [0.717, 1.165) is 17.3 Å². The number of aliphatic imine (C=N–C) groups is 1. The lowest BCUT2D eigenvalue weighted by Crippen LogP contribution is -2.20. The molecule has 4 rings (SSSR count). The first-order valence-corrected chi connectivity index (χ1v) is 10.0. The van der Waals surface area contributed by atoms with Crippen molar-refractivity contribution in [1.82, 2.24) is 5.32 Å². The average molecular weight is 443 g/mol. The van der Waals surface area contributed by atoms with Gasteiger partial charge in [-0.05, 0) is 72.4 Å². The van der Waals surface area contributed by atoms with Crippen molar-refractivity contribution in [2.45, 2.75) is 0 Å². The van der Waals surface area contributed by atoms with E-state index in [9.17, 15) is 9.59 Å². The van der Waals surface area contributed by atoms with Gasteiger partial charge in [0, 0.05) is 27.2 Å². The Kier molecular flexibility index (Phi) is 5.58. The molecule has 3 aromatic rings. The Morgan fingerprint density at radius 2 is 1.62 bits per heavy atom. The first-order chi connectivity index (χ1) is 14.0. The Morgan fingerprint density at radius 1 is 0.966 bits per heavy atom. The molecule has 2 heterocycles. The van der Waals surface area contributed by atoms with Crippen LogP contribution in [0.4, 0.5) is 0 Å². The Hall–Kier alpha value is -2.80. The van der Waals surface area contributed by atoms with Crippen molar-refractivity contribution in [3.05, 3.63) is 86.9 Å². The molecule has 29 heavy (non-hydrogen) atoms. The molecule has 5 nitrogen and oxygen atoms in total. The van der Waals surface area contributed by atoms with E-state index in [-0.39, 0.29) is 11.1 Å². The molecule has 0 unspecified atom stereocenters. The second-order valence-corrected chi connectivity index (χ2v) is 7.91. The first-order valence-electron chi connectivity index (χ1n) is 8.43. The Labute approximate surface area is 180 Å². The van der Waals surface area contributed by atoms with Gasteiger partial charge in [0.05, 0.1) is 4.91 Å². The summed E-state index contributed by atoms with van der Waals surface area (Å²) in [7, 11) is 0. The highest BCUT2D eigenvalue weighted by Gasteiger charge is 2.25. The van der Waals surface area contributed by atoms with Gasteiger partial charge in [-0.2, -0.15) is 4.99 Å². The summed E-state index contributed by atoms with van der Waals surface area (Å²) in [5.41, 5.74) is 1.26. The maximum atomic E-state index is 12.2. The molecule has 0 radical (unpaired) electrons. The van der Waals surface area contributed by atoms with Gasteiger partial charge in [-0.1, -0.05) is 23.2 Å². The molecular weight excluding hydrogens is 431 g/mol. The largest absolute Gasteiger partial charge is 0.457 e. The quantitative estimate of drug-likeness (QED) is 0.531. The molecule has 0 aliphatic carbocycles. The number of benzene rings is 2. The molecule has 144 valence electrons. The van der Waals surface area contributed by atoms with E-state index >= 15 is 0 Å². The fourth-order valence-electron chi connectivity index (χ4n) is 2.56. The maximum Gasteiger partial charge on any atom is 0.279 e. The second kappa shape index (κ2) is 8.29. The molecule has 0 bridgehead atoms. The number of hydrogen-bond acceptors (Lipinski definition) is 4. The molecule has 1 N–H and O–H groups in total. The number of rotatable bonds is 3. The molecule has 0 spiro atoms. The molecule has 0 atom stereocenters. The lowest BCUT2D eigenvalue weighted by molar-refractivity contribution is -0.115. The van der Waals surface area contributed by atoms with Gasteiger partial charge in [-0.15, -0.1) is 0 Å². The molecule has 8 heteroatoms. The topological polar surface area (TPSA) is 71.7 Å². The van der Waals surface area contributed by atoms with Crippen molar-refractivity contribution in [3.63, 3.8) is 0 Å². The van der Waals surface area contributed by atoms with E-state index in [0.29, 0.717) is 32.0 Å². The van der Waals surface area contributed by atoms with Crippen molar-refractivity contribution in [2.24, 2.45) is 4.99 Å². The zero-order valence-corrected chi connectivity index (χ0v) is 17.0. The molecular formula is C21H12Cl2N2O3S. The van der Waals surface area contributed by atoms with Gasteiger partial charge >= 0.3 is 0 Å². The van der Waals surface area contributed by atoms with E-state index in [2.05, 4.69) is 10.3 Å². The summed E-state index contributed by atoms with van der Waals surface area (Å²) in [4.78, 5) is 28.8. The number of amidine groups is 1. The maximum absolute atomic E-state index is 12.2. The zero-order chi connectivity index (χ0) is 20.4. The van der Waals surface area contributed by atoms with Gasteiger partial charge in [-0.25, -0.2) is 0 Å². The molecule has 1 aliphatic rings. The van der Waals surface area contributed by atoms with Gasteiger partial charge < -0.3 is 9.73 Å². The molecule has 0 saturated carbocycles. The average Bonchev–Trinajstić information content (AvgIpc) is 3.30. The van der Waals surface area contributed by atoms with Crippen LogP contribution in [0, 0.1) is 0 Å². The minimum absolute atomic E-state index is 0.214. The first kappa shape index (κ1) is 19.5. The van der Waals surface area contributed by atoms with Crippen LogP contribution in [0.3, 0.4) is 0 Å². The lowest BCUT2D eigenvalue weighted by Gasteiger charge is -1.97. The van der Waals surface area contributed by atoms with Crippen LogP contribution in [0.5, 0.6) is 0 Å². The lowest BCUT2D eigenvalue weighted by atomic mass is 10.2. The number of halogens is 2. The van der Waals surface area contributed by atoms with E-state index < -0.39 is 5.91 Å². The Morgan fingerprint density at radius 3 is 2.31 bits per heavy atom. The third-order valence-corrected chi connectivity index (χ3v) is 5.39. The van der Waals surface area contributed by atoms with Crippen LogP contribution in [0.25, 0.3) is 17.4 Å². The fraction of sp³-hybridized carbons (Fsp3) is 0. The van der Waals surface area contributed by atoms with Crippen LogP contribution >= 0.6 is 35.0 Å². The van der Waals surface area contributed by atoms with Gasteiger partial charge in [0.25, 0.3) is 11.8 Å². The van der Waals surface area contributed by atoms with Crippen LogP contribution in [-0.2, 0) is 4.79 Å². The normalized spacial score (nSPS) is 16.4. The van der Waals surface area contributed by atoms with Crippen LogP contribution in [0.15, 0.2) is 75.0 Å². The Bertz CT molecular complexity index is 1150. The van der Waals surface area contributed by atoms with Gasteiger partial charge in [0.2, 0.25) is 0 Å². The number of hydrogen-bond donors (Lipinski definition) is 1. The van der Waals surface area contributed by atoms with E-state index in [1.165, 1.54) is 0 Å². The smallest absolute Gasteiger partial charge is 0.279 e. The third-order valence-electron chi connectivity index (χ3n) is 3.97. The van der Waals surface area contributed by atoms with E-state index in [1.807, 2.05) is 18.2 Å². The van der Waals surface area contributed by atoms with Crippen LogP contribution in [0.2, 0.25) is 10.0 Å². The minimum atomic E-state index is -0.464. The number of nitrogens with one attached hydrogen (secondary N) is 1. The zero-order valence-electron chi connectivity index (χ0n) is 14.7. The number of furan rings is 1. The highest BCUT2D eigenvalue weighted by molar-refractivity contribution is 8.18. The standard InChI is InChI=1S/C21H12Cl2N2O3S/c22-14-5-1-12(2-6-14)17-10-9-16(28-17)11-18-20(27)25-21(29-18)24-19(26)13-3-7-15(23)8-4-13/h1-11H,(H,24,25,26,27)/b18-11-. The number of carbonyl (C=O) groups is 2. The van der Waals surface area contributed by atoms with E-state index in [4.69, 9.17) is 27.6 Å². The highest BCUT2D eigenvalue weighted by Crippen LogP contribution is 2.29. The van der Waals surface area contributed by atoms with E-state index in [1.54, 1.807) is 48.5 Å². The highest BCUT2D eigenvalue weighted by atomic mass is 35.5. The van der Waals surface area contributed by atoms with Crippen molar-refractivity contribution < 1.29 is 14.0 Å². The number of amides is 2. The molecule has 1 saturated heterocycles. The second-order valence-electron chi connectivity index (χ2n) is 6.00. The molecule has 1 aromatic heterocycles. The van der Waals surface area contributed by atoms with Crippen LogP contribution < -0.4 is 5.32 Å². The summed E-state index contributed by atoms with van der Waals surface area (Å²) in [5, 5.41) is 3.96. The summed E-state index contributed by atoms with van der Waals surface area (Å²) < 4.78 is 5.78. The summed E-state index contributed by atoms with van der Waals surface area (Å²) in [6, 6.07) is 17.2. The van der Waals surface area contributed by atoms with Gasteiger partial charge in [-0.3, -0.25) is 9.59 Å². The summed E-state index contributed by atoms with van der Waals surface area (Å²) >= 11 is 12.8. The predicted octanol–water partition coefficient (Wildman–Crippen LogP) is 5.65. The summed E-state index contributed by atoms with van der Waals surface area (Å²) in [6.07, 6.45) is 1.61.